The molecule has 0 saturated carbocycles. The van der Waals surface area contributed by atoms with Crippen LogP contribution in [-0.2, 0) is 4.79 Å². The number of benzene rings is 1. The third-order valence-electron chi connectivity index (χ3n) is 2.78. The highest BCUT2D eigenvalue weighted by Gasteiger charge is 2.26. The largest absolute Gasteiger partial charge is 0.347 e. The number of hydrogen-bond donors (Lipinski definition) is 1. The molecule has 2 amide bonds. The molecule has 0 aliphatic carbocycles. The lowest BCUT2D eigenvalue weighted by Gasteiger charge is -2.24. The summed E-state index contributed by atoms with van der Waals surface area (Å²) in [4.78, 5) is 25.6. The van der Waals surface area contributed by atoms with Crippen molar-refractivity contribution in [2.75, 3.05) is 14.1 Å². The van der Waals surface area contributed by atoms with Crippen LogP contribution in [0.5, 0.6) is 0 Å². The molecule has 1 aromatic rings. The van der Waals surface area contributed by atoms with Crippen LogP contribution in [0.4, 0.5) is 0 Å². The second-order valence-corrected chi connectivity index (χ2v) is 5.31. The van der Waals surface area contributed by atoms with Crippen LogP contribution in [0, 0.1) is 5.92 Å². The summed E-state index contributed by atoms with van der Waals surface area (Å²) in [7, 11) is 3.33. The summed E-state index contributed by atoms with van der Waals surface area (Å²) in [6, 6.07) is 6.21. The fourth-order valence-electron chi connectivity index (χ4n) is 1.66. The van der Waals surface area contributed by atoms with Crippen molar-refractivity contribution in [3.63, 3.8) is 0 Å². The monoisotopic (exact) mass is 282 g/mol. The molecule has 1 aromatic carbocycles. The van der Waals surface area contributed by atoms with E-state index in [1.54, 1.807) is 38.4 Å². The first kappa shape index (κ1) is 15.5. The van der Waals surface area contributed by atoms with E-state index in [1.165, 1.54) is 4.90 Å². The van der Waals surface area contributed by atoms with Crippen LogP contribution in [0.1, 0.15) is 24.2 Å². The van der Waals surface area contributed by atoms with Gasteiger partial charge >= 0.3 is 0 Å². The molecule has 0 aliphatic heterocycles. The Kier molecular flexibility index (Phi) is 5.36. The van der Waals surface area contributed by atoms with E-state index in [4.69, 9.17) is 11.6 Å². The summed E-state index contributed by atoms with van der Waals surface area (Å²) >= 11 is 5.97. The average molecular weight is 283 g/mol. The Bertz CT molecular complexity index is 472. The Labute approximate surface area is 118 Å². The van der Waals surface area contributed by atoms with Gasteiger partial charge in [0.05, 0.1) is 10.6 Å². The Morgan fingerprint density at radius 3 is 2.26 bits per heavy atom. The molecule has 0 aromatic heterocycles. The highest BCUT2D eigenvalue weighted by Crippen LogP contribution is 2.15. The lowest BCUT2D eigenvalue weighted by atomic mass is 10.0. The molecule has 0 heterocycles. The van der Waals surface area contributed by atoms with Crippen molar-refractivity contribution in [2.45, 2.75) is 19.9 Å². The molecule has 4 nitrogen and oxygen atoms in total. The summed E-state index contributed by atoms with van der Waals surface area (Å²) in [6.45, 7) is 3.78. The molecule has 1 N–H and O–H groups in total. The third-order valence-corrected chi connectivity index (χ3v) is 3.11. The van der Waals surface area contributed by atoms with Gasteiger partial charge in [-0.3, -0.25) is 9.59 Å². The predicted molar refractivity (Wildman–Crippen MR) is 76.2 cm³/mol. The molecule has 5 heteroatoms. The molecule has 0 bridgehead atoms. The summed E-state index contributed by atoms with van der Waals surface area (Å²) in [5.41, 5.74) is 0.376. The van der Waals surface area contributed by atoms with E-state index in [-0.39, 0.29) is 17.7 Å². The van der Waals surface area contributed by atoms with E-state index in [0.717, 1.165) is 0 Å². The number of rotatable bonds is 4. The van der Waals surface area contributed by atoms with Gasteiger partial charge in [0, 0.05) is 14.1 Å². The van der Waals surface area contributed by atoms with Crippen molar-refractivity contribution in [3.05, 3.63) is 34.9 Å². The zero-order valence-electron chi connectivity index (χ0n) is 11.6. The van der Waals surface area contributed by atoms with Gasteiger partial charge in [0.25, 0.3) is 5.91 Å². The fourth-order valence-corrected chi connectivity index (χ4v) is 1.88. The first-order valence-electron chi connectivity index (χ1n) is 6.11. The van der Waals surface area contributed by atoms with E-state index >= 15 is 0 Å². The van der Waals surface area contributed by atoms with Crippen molar-refractivity contribution >= 4 is 23.4 Å². The molecular formula is C14H19ClN2O2. The number of hydrogen-bond acceptors (Lipinski definition) is 2. The van der Waals surface area contributed by atoms with Crippen LogP contribution in [-0.4, -0.2) is 36.9 Å². The Morgan fingerprint density at radius 2 is 1.79 bits per heavy atom. The topological polar surface area (TPSA) is 49.4 Å². The van der Waals surface area contributed by atoms with Crippen LogP contribution in [0.2, 0.25) is 5.02 Å². The minimum Gasteiger partial charge on any atom is -0.347 e. The van der Waals surface area contributed by atoms with E-state index in [1.807, 2.05) is 13.8 Å². The predicted octanol–water partition coefficient (Wildman–Crippen LogP) is 2.18. The molecule has 1 rings (SSSR count). The van der Waals surface area contributed by atoms with Gasteiger partial charge in [-0.1, -0.05) is 37.6 Å². The lowest BCUT2D eigenvalue weighted by Crippen LogP contribution is -2.49. The molecule has 19 heavy (non-hydrogen) atoms. The number of halogens is 1. The van der Waals surface area contributed by atoms with Gasteiger partial charge in [0.1, 0.15) is 6.04 Å². The quantitative estimate of drug-likeness (QED) is 0.920. The second-order valence-electron chi connectivity index (χ2n) is 4.91. The van der Waals surface area contributed by atoms with Crippen molar-refractivity contribution in [1.82, 2.24) is 10.2 Å². The number of nitrogens with zero attached hydrogens (tertiary/aromatic N) is 1. The number of carbonyl (C=O) groups is 2. The summed E-state index contributed by atoms with van der Waals surface area (Å²) in [5, 5.41) is 3.11. The van der Waals surface area contributed by atoms with Gasteiger partial charge in [-0.25, -0.2) is 0 Å². The van der Waals surface area contributed by atoms with Crippen LogP contribution in [0.15, 0.2) is 24.3 Å². The molecule has 0 fully saturated rings. The van der Waals surface area contributed by atoms with Gasteiger partial charge in [-0.2, -0.15) is 0 Å². The molecule has 0 radical (unpaired) electrons. The van der Waals surface area contributed by atoms with Crippen LogP contribution in [0.25, 0.3) is 0 Å². The van der Waals surface area contributed by atoms with Crippen molar-refractivity contribution in [1.29, 1.82) is 0 Å². The van der Waals surface area contributed by atoms with Gasteiger partial charge in [-0.05, 0) is 18.1 Å². The van der Waals surface area contributed by atoms with Crippen LogP contribution >= 0.6 is 11.6 Å². The molecule has 104 valence electrons. The molecule has 0 spiro atoms. The Morgan fingerprint density at radius 1 is 1.21 bits per heavy atom. The highest BCUT2D eigenvalue weighted by atomic mass is 35.5. The number of amides is 2. The Hall–Kier alpha value is -1.55. The normalized spacial score (nSPS) is 12.1. The van der Waals surface area contributed by atoms with Crippen LogP contribution < -0.4 is 5.32 Å². The van der Waals surface area contributed by atoms with Gasteiger partial charge in [0.2, 0.25) is 5.91 Å². The number of nitrogens with one attached hydrogen (secondary N) is 1. The fraction of sp³-hybridized carbons (Fsp3) is 0.429. The minimum atomic E-state index is -0.557. The SMILES string of the molecule is CC(C)[C@H](NC(=O)c1ccccc1Cl)C(=O)N(C)C. The minimum absolute atomic E-state index is 0.00124. The maximum atomic E-state index is 12.1. The van der Waals surface area contributed by atoms with E-state index in [0.29, 0.717) is 10.6 Å². The van der Waals surface area contributed by atoms with Crippen LogP contribution in [0.3, 0.4) is 0 Å². The van der Waals surface area contributed by atoms with E-state index < -0.39 is 6.04 Å². The summed E-state index contributed by atoms with van der Waals surface area (Å²) in [5.74, 6) is -0.462. The lowest BCUT2D eigenvalue weighted by molar-refractivity contribution is -0.131. The second kappa shape index (κ2) is 6.57. The van der Waals surface area contributed by atoms with Crippen molar-refractivity contribution in [2.24, 2.45) is 5.92 Å². The molecule has 0 unspecified atom stereocenters. The first-order valence-corrected chi connectivity index (χ1v) is 6.49. The standard InChI is InChI=1S/C14H19ClN2O2/c1-9(2)12(14(19)17(3)4)16-13(18)10-7-5-6-8-11(10)15/h5-9,12H,1-4H3,(H,16,18)/t12-/m0/s1. The zero-order valence-corrected chi connectivity index (χ0v) is 12.4. The van der Waals surface area contributed by atoms with E-state index in [2.05, 4.69) is 5.32 Å². The highest BCUT2D eigenvalue weighted by molar-refractivity contribution is 6.33. The first-order chi connectivity index (χ1) is 8.84. The Balaban J connectivity index is 2.89. The van der Waals surface area contributed by atoms with Gasteiger partial charge < -0.3 is 10.2 Å². The van der Waals surface area contributed by atoms with Gasteiger partial charge in [-0.15, -0.1) is 0 Å². The molecule has 0 aliphatic rings. The van der Waals surface area contributed by atoms with Gasteiger partial charge in [0.15, 0.2) is 0 Å². The zero-order chi connectivity index (χ0) is 14.6. The van der Waals surface area contributed by atoms with E-state index in [9.17, 15) is 9.59 Å². The smallest absolute Gasteiger partial charge is 0.253 e. The summed E-state index contributed by atoms with van der Waals surface area (Å²) in [6.07, 6.45) is 0. The maximum absolute atomic E-state index is 12.1. The summed E-state index contributed by atoms with van der Waals surface area (Å²) < 4.78 is 0. The molecular weight excluding hydrogens is 264 g/mol. The number of carbonyl (C=O) groups excluding carboxylic acids is 2. The molecule has 0 saturated heterocycles. The third kappa shape index (κ3) is 3.96. The maximum Gasteiger partial charge on any atom is 0.253 e. The van der Waals surface area contributed by atoms with Crippen molar-refractivity contribution in [3.8, 4) is 0 Å². The number of likely N-dealkylation sites (N-methyl/N-ethyl adjacent to an activating group) is 1. The molecule has 1 atom stereocenters. The average Bonchev–Trinajstić information content (AvgIpc) is 2.34. The van der Waals surface area contributed by atoms with Crippen molar-refractivity contribution < 1.29 is 9.59 Å².